The van der Waals surface area contributed by atoms with Gasteiger partial charge in [0.15, 0.2) is 11.6 Å². The first-order valence-corrected chi connectivity index (χ1v) is 7.96. The van der Waals surface area contributed by atoms with Crippen LogP contribution < -0.4 is 0 Å². The summed E-state index contributed by atoms with van der Waals surface area (Å²) < 4.78 is 0. The minimum atomic E-state index is -0.171. The van der Waals surface area contributed by atoms with E-state index >= 15 is 0 Å². The molecular formula is C21H12O2. The van der Waals surface area contributed by atoms with Crippen molar-refractivity contribution in [2.45, 2.75) is 17.3 Å². The third-order valence-electron chi connectivity index (χ3n) is 6.13. The van der Waals surface area contributed by atoms with Crippen molar-refractivity contribution in [1.82, 2.24) is 0 Å². The first kappa shape index (κ1) is 11.8. The second-order valence-corrected chi connectivity index (χ2v) is 6.80. The number of rotatable bonds is 0. The van der Waals surface area contributed by atoms with Crippen LogP contribution in [0.1, 0.15) is 34.1 Å². The van der Waals surface area contributed by atoms with Gasteiger partial charge in [-0.1, -0.05) is 48.5 Å². The molecule has 2 nitrogen and oxygen atoms in total. The van der Waals surface area contributed by atoms with Crippen LogP contribution in [-0.4, -0.2) is 11.6 Å². The van der Waals surface area contributed by atoms with Crippen LogP contribution in [0.15, 0.2) is 71.8 Å². The highest BCUT2D eigenvalue weighted by atomic mass is 16.1. The molecule has 0 heterocycles. The fraction of sp³-hybridized carbons (Fsp3) is 0.143. The molecule has 2 aromatic carbocycles. The molecule has 2 heteroatoms. The summed E-state index contributed by atoms with van der Waals surface area (Å²) in [6.07, 6.45) is 2.90. The summed E-state index contributed by atoms with van der Waals surface area (Å²) in [6, 6.07) is 16.7. The fourth-order valence-electron chi connectivity index (χ4n) is 5.48. The van der Waals surface area contributed by atoms with Gasteiger partial charge in [-0.2, -0.15) is 0 Å². The molecule has 3 atom stereocenters. The zero-order valence-electron chi connectivity index (χ0n) is 12.2. The Kier molecular flexibility index (Phi) is 1.76. The van der Waals surface area contributed by atoms with Gasteiger partial charge in [-0.25, -0.2) is 0 Å². The normalized spacial score (nSPS) is 31.5. The summed E-state index contributed by atoms with van der Waals surface area (Å²) >= 11 is 0. The van der Waals surface area contributed by atoms with E-state index in [1.807, 2.05) is 12.1 Å². The van der Waals surface area contributed by atoms with E-state index < -0.39 is 0 Å². The average Bonchev–Trinajstić information content (AvgIpc) is 2.79. The van der Waals surface area contributed by atoms with E-state index in [1.54, 1.807) is 0 Å². The molecule has 2 aromatic rings. The van der Waals surface area contributed by atoms with E-state index in [0.717, 1.165) is 11.1 Å². The highest BCUT2D eigenvalue weighted by molar-refractivity contribution is 6.24. The molecule has 108 valence electrons. The van der Waals surface area contributed by atoms with E-state index in [4.69, 9.17) is 0 Å². The number of carbonyl (C=O) groups is 2. The first-order chi connectivity index (χ1) is 11.3. The molecule has 4 aliphatic rings. The lowest BCUT2D eigenvalue weighted by Crippen LogP contribution is -2.53. The first-order valence-electron chi connectivity index (χ1n) is 7.96. The van der Waals surface area contributed by atoms with Gasteiger partial charge in [0.05, 0.1) is 0 Å². The molecule has 0 fully saturated rings. The van der Waals surface area contributed by atoms with E-state index in [0.29, 0.717) is 0 Å². The number of carbonyl (C=O) groups excluding carboxylic acids is 2. The van der Waals surface area contributed by atoms with Gasteiger partial charge in [-0.15, -0.1) is 0 Å². The van der Waals surface area contributed by atoms with Crippen molar-refractivity contribution >= 4 is 11.6 Å². The fourth-order valence-corrected chi connectivity index (χ4v) is 5.48. The molecular weight excluding hydrogens is 284 g/mol. The maximum absolute atomic E-state index is 12.6. The van der Waals surface area contributed by atoms with Gasteiger partial charge in [0.25, 0.3) is 0 Å². The molecule has 0 aromatic heterocycles. The van der Waals surface area contributed by atoms with Gasteiger partial charge < -0.3 is 0 Å². The Morgan fingerprint density at radius 1 is 0.652 bits per heavy atom. The van der Waals surface area contributed by atoms with Crippen molar-refractivity contribution in [2.24, 2.45) is 0 Å². The number of fused-ring (bicyclic) bond motifs is 6. The van der Waals surface area contributed by atoms with Crippen molar-refractivity contribution in [3.63, 3.8) is 0 Å². The molecule has 0 saturated heterocycles. The zero-order chi connectivity index (χ0) is 15.3. The summed E-state index contributed by atoms with van der Waals surface area (Å²) in [6.45, 7) is 0. The number of hydrogen-bond donors (Lipinski definition) is 0. The smallest absolute Gasteiger partial charge is 0.183 e. The van der Waals surface area contributed by atoms with Crippen molar-refractivity contribution in [3.8, 4) is 0 Å². The predicted octanol–water partition coefficient (Wildman–Crippen LogP) is 3.19. The molecule has 4 aliphatic carbocycles. The van der Waals surface area contributed by atoms with Crippen LogP contribution in [0.3, 0.4) is 0 Å². The summed E-state index contributed by atoms with van der Waals surface area (Å²) in [5.74, 6) is 0.127. The van der Waals surface area contributed by atoms with Crippen LogP contribution in [0.25, 0.3) is 0 Å². The Morgan fingerprint density at radius 2 is 1.09 bits per heavy atom. The molecule has 0 amide bonds. The molecule has 0 aliphatic heterocycles. The lowest BCUT2D eigenvalue weighted by molar-refractivity contribution is -0.115. The lowest BCUT2D eigenvalue weighted by Gasteiger charge is -2.59. The summed E-state index contributed by atoms with van der Waals surface area (Å²) in [5.41, 5.74) is 6.35. The Bertz CT molecular complexity index is 940. The van der Waals surface area contributed by atoms with Crippen LogP contribution in [0.2, 0.25) is 0 Å². The Labute approximate surface area is 133 Å². The maximum atomic E-state index is 12.6. The molecule has 0 radical (unpaired) electrons. The molecule has 6 rings (SSSR count). The highest BCUT2D eigenvalue weighted by Crippen LogP contribution is 2.77. The standard InChI is InChI=1S/C21H12O2/c22-15-9-10-16(23)18-17(15)19-11-5-1-3-7-13(11)21(19)14-8-4-2-6-12(14)20(18)21/h1-10,19-20H/t19-,20+,21?. The van der Waals surface area contributed by atoms with Crippen molar-refractivity contribution in [2.75, 3.05) is 0 Å². The quantitative estimate of drug-likeness (QED) is 0.700. The van der Waals surface area contributed by atoms with E-state index in [1.165, 1.54) is 34.4 Å². The second-order valence-electron chi connectivity index (χ2n) is 6.80. The Morgan fingerprint density at radius 3 is 1.57 bits per heavy atom. The maximum Gasteiger partial charge on any atom is 0.183 e. The van der Waals surface area contributed by atoms with Crippen LogP contribution in [0, 0.1) is 0 Å². The monoisotopic (exact) mass is 296 g/mol. The zero-order valence-corrected chi connectivity index (χ0v) is 12.2. The minimum Gasteiger partial charge on any atom is -0.290 e. The van der Waals surface area contributed by atoms with Crippen LogP contribution in [-0.2, 0) is 15.0 Å². The van der Waals surface area contributed by atoms with E-state index in [-0.39, 0.29) is 28.8 Å². The Hall–Kier alpha value is -2.74. The van der Waals surface area contributed by atoms with Gasteiger partial charge in [0, 0.05) is 28.4 Å². The molecule has 0 N–H and O–H groups in total. The summed E-state index contributed by atoms with van der Waals surface area (Å²) in [4.78, 5) is 25.2. The van der Waals surface area contributed by atoms with Gasteiger partial charge in [0.2, 0.25) is 0 Å². The topological polar surface area (TPSA) is 34.1 Å². The SMILES string of the molecule is O=C1C=CC(=O)C2=C1[C@@H]1c3ccccc3C13c1ccccc1[C@H]23. The van der Waals surface area contributed by atoms with Gasteiger partial charge in [-0.05, 0) is 34.4 Å². The molecule has 0 saturated carbocycles. The van der Waals surface area contributed by atoms with Gasteiger partial charge >= 0.3 is 0 Å². The minimum absolute atomic E-state index is 0.0128. The summed E-state index contributed by atoms with van der Waals surface area (Å²) in [5, 5.41) is 0. The van der Waals surface area contributed by atoms with E-state index in [2.05, 4.69) is 36.4 Å². The van der Waals surface area contributed by atoms with Crippen molar-refractivity contribution in [1.29, 1.82) is 0 Å². The third-order valence-corrected chi connectivity index (χ3v) is 6.13. The van der Waals surface area contributed by atoms with Gasteiger partial charge in [-0.3, -0.25) is 9.59 Å². The molecule has 1 unspecified atom stereocenters. The number of benzene rings is 2. The number of hydrogen-bond acceptors (Lipinski definition) is 2. The average molecular weight is 296 g/mol. The lowest BCUT2D eigenvalue weighted by atomic mass is 9.42. The predicted molar refractivity (Wildman–Crippen MR) is 85.3 cm³/mol. The summed E-state index contributed by atoms with van der Waals surface area (Å²) in [7, 11) is 0. The van der Waals surface area contributed by atoms with Gasteiger partial charge in [0.1, 0.15) is 0 Å². The van der Waals surface area contributed by atoms with Crippen LogP contribution in [0.4, 0.5) is 0 Å². The molecule has 0 bridgehead atoms. The molecule has 1 spiro atoms. The molecule has 23 heavy (non-hydrogen) atoms. The Balaban J connectivity index is 1.74. The second kappa shape index (κ2) is 3.43. The largest absolute Gasteiger partial charge is 0.290 e. The van der Waals surface area contributed by atoms with Crippen LogP contribution in [0.5, 0.6) is 0 Å². The van der Waals surface area contributed by atoms with Crippen molar-refractivity contribution in [3.05, 3.63) is 94.1 Å². The van der Waals surface area contributed by atoms with Crippen molar-refractivity contribution < 1.29 is 9.59 Å². The number of ketones is 2. The third kappa shape index (κ3) is 0.987. The van der Waals surface area contributed by atoms with E-state index in [9.17, 15) is 9.59 Å². The highest BCUT2D eigenvalue weighted by Gasteiger charge is 2.71. The van der Waals surface area contributed by atoms with Crippen LogP contribution >= 0.6 is 0 Å². The number of allylic oxidation sites excluding steroid dienone is 4.